The average molecular weight is 332 g/mol. The number of fused-ring (bicyclic) bond motifs is 1. The van der Waals surface area contributed by atoms with Crippen LogP contribution in [0.3, 0.4) is 0 Å². The predicted octanol–water partition coefficient (Wildman–Crippen LogP) is 2.54. The van der Waals surface area contributed by atoms with Gasteiger partial charge in [0.1, 0.15) is 0 Å². The summed E-state index contributed by atoms with van der Waals surface area (Å²) in [6.07, 6.45) is 6.65. The first kappa shape index (κ1) is 16.2. The summed E-state index contributed by atoms with van der Waals surface area (Å²) in [4.78, 5) is 14.1. The molecule has 4 nitrogen and oxygen atoms in total. The van der Waals surface area contributed by atoms with E-state index in [1.54, 1.807) is 0 Å². The first-order valence-corrected chi connectivity index (χ1v) is 9.78. The smallest absolute Gasteiger partial charge is 0.317 e. The molecule has 1 aliphatic carbocycles. The highest BCUT2D eigenvalue weighted by atomic mass is 32.2. The highest BCUT2D eigenvalue weighted by Gasteiger charge is 2.34. The van der Waals surface area contributed by atoms with Crippen LogP contribution in [0.5, 0.6) is 0 Å². The van der Waals surface area contributed by atoms with Gasteiger partial charge in [0.25, 0.3) is 0 Å². The number of hydrogen-bond acceptors (Lipinski definition) is 2. The number of rotatable bonds is 5. The first-order valence-electron chi connectivity index (χ1n) is 8.29. The fraction of sp³-hybridized carbons (Fsp3) is 0.500. The van der Waals surface area contributed by atoms with E-state index < -0.39 is 10.8 Å². The number of nitrogens with zero attached hydrogens (tertiary/aromatic N) is 1. The Hall–Kier alpha value is -1.62. The highest BCUT2D eigenvalue weighted by molar-refractivity contribution is 7.84. The van der Waals surface area contributed by atoms with Gasteiger partial charge in [0.15, 0.2) is 0 Å². The van der Waals surface area contributed by atoms with E-state index in [0.29, 0.717) is 29.9 Å². The third-order valence-corrected chi connectivity index (χ3v) is 6.00. The van der Waals surface area contributed by atoms with Crippen molar-refractivity contribution < 1.29 is 9.00 Å². The van der Waals surface area contributed by atoms with Gasteiger partial charge in [-0.05, 0) is 30.2 Å². The molecule has 1 aliphatic heterocycles. The molecule has 0 radical (unpaired) electrons. The lowest BCUT2D eigenvalue weighted by atomic mass is 9.86. The minimum atomic E-state index is -0.939. The van der Waals surface area contributed by atoms with Crippen LogP contribution in [0.4, 0.5) is 4.79 Å². The molecule has 1 heterocycles. The van der Waals surface area contributed by atoms with Gasteiger partial charge in [0.2, 0.25) is 0 Å². The Balaban J connectivity index is 1.37. The van der Waals surface area contributed by atoms with Crippen molar-refractivity contribution >= 4 is 16.8 Å². The van der Waals surface area contributed by atoms with Gasteiger partial charge in [-0.2, -0.15) is 0 Å². The third-order valence-electron chi connectivity index (χ3n) is 4.68. The van der Waals surface area contributed by atoms with Crippen molar-refractivity contribution in [3.63, 3.8) is 0 Å². The van der Waals surface area contributed by atoms with Crippen LogP contribution in [0, 0.1) is 11.8 Å². The van der Waals surface area contributed by atoms with Gasteiger partial charge in [0.05, 0.1) is 0 Å². The van der Waals surface area contributed by atoms with Crippen LogP contribution in [0.2, 0.25) is 0 Å². The summed E-state index contributed by atoms with van der Waals surface area (Å²) < 4.78 is 12.1. The van der Waals surface area contributed by atoms with Gasteiger partial charge in [0, 0.05) is 41.9 Å². The predicted molar refractivity (Wildman–Crippen MR) is 93.5 cm³/mol. The Morgan fingerprint density at radius 3 is 2.43 bits per heavy atom. The molecule has 0 spiro atoms. The number of likely N-dealkylation sites (tertiary alicyclic amines) is 1. The molecule has 1 aromatic rings. The van der Waals surface area contributed by atoms with E-state index in [1.165, 1.54) is 0 Å². The molecule has 0 saturated carbocycles. The average Bonchev–Trinajstić information content (AvgIpc) is 3.00. The number of allylic oxidation sites excluding steroid dienone is 2. The third kappa shape index (κ3) is 4.44. The summed E-state index contributed by atoms with van der Waals surface area (Å²) in [5.74, 6) is 2.30. The maximum atomic E-state index is 12.2. The normalized spacial score (nSPS) is 24.3. The first-order chi connectivity index (χ1) is 11.2. The second-order valence-corrected chi connectivity index (χ2v) is 7.95. The zero-order valence-corrected chi connectivity index (χ0v) is 14.1. The van der Waals surface area contributed by atoms with Crippen molar-refractivity contribution in [2.75, 3.05) is 25.4 Å². The minimum absolute atomic E-state index is 0.00360. The Bertz CT molecular complexity index is 572. The lowest BCUT2D eigenvalue weighted by Gasteiger charge is -2.17. The van der Waals surface area contributed by atoms with Crippen molar-refractivity contribution in [2.24, 2.45) is 11.8 Å². The zero-order valence-electron chi connectivity index (χ0n) is 13.3. The number of hydrogen-bond donors (Lipinski definition) is 1. The van der Waals surface area contributed by atoms with Gasteiger partial charge >= 0.3 is 6.03 Å². The van der Waals surface area contributed by atoms with Crippen molar-refractivity contribution in [1.29, 1.82) is 0 Å². The number of carbonyl (C=O) groups is 1. The Morgan fingerprint density at radius 1 is 1.13 bits per heavy atom. The second-order valence-electron chi connectivity index (χ2n) is 6.37. The maximum absolute atomic E-state index is 12.2. The SMILES string of the molecule is O=C(NCC[S@](=O)Cc1ccccc1)N1C[C@@H]2CC=CC[C@H]2C1. The molecule has 0 unspecified atom stereocenters. The molecule has 1 saturated heterocycles. The molecule has 1 aromatic carbocycles. The second kappa shape index (κ2) is 7.77. The van der Waals surface area contributed by atoms with Crippen LogP contribution in [0.1, 0.15) is 18.4 Å². The fourth-order valence-electron chi connectivity index (χ4n) is 3.40. The van der Waals surface area contributed by atoms with E-state index in [-0.39, 0.29) is 6.03 Å². The quantitative estimate of drug-likeness (QED) is 0.843. The molecule has 124 valence electrons. The lowest BCUT2D eigenvalue weighted by molar-refractivity contribution is 0.207. The Labute approximate surface area is 140 Å². The van der Waals surface area contributed by atoms with Crippen LogP contribution < -0.4 is 5.32 Å². The van der Waals surface area contributed by atoms with Crippen molar-refractivity contribution in [3.05, 3.63) is 48.0 Å². The standard InChI is InChI=1S/C18H24N2O2S/c21-18(20-12-16-8-4-5-9-17(16)13-20)19-10-11-23(22)14-15-6-2-1-3-7-15/h1-7,16-17H,8-14H2,(H,19,21)/t16-,17-,23-/m0/s1. The highest BCUT2D eigenvalue weighted by Crippen LogP contribution is 2.32. The number of benzene rings is 1. The van der Waals surface area contributed by atoms with Crippen LogP contribution in [-0.2, 0) is 16.6 Å². The van der Waals surface area contributed by atoms with Gasteiger partial charge in [-0.15, -0.1) is 0 Å². The summed E-state index contributed by atoms with van der Waals surface area (Å²) in [6, 6.07) is 9.82. The van der Waals surface area contributed by atoms with E-state index in [0.717, 1.165) is 31.5 Å². The Morgan fingerprint density at radius 2 is 1.78 bits per heavy atom. The number of nitrogens with one attached hydrogen (secondary N) is 1. The van der Waals surface area contributed by atoms with Gasteiger partial charge < -0.3 is 10.2 Å². The van der Waals surface area contributed by atoms with E-state index in [4.69, 9.17) is 0 Å². The molecule has 2 aliphatic rings. The van der Waals surface area contributed by atoms with E-state index in [9.17, 15) is 9.00 Å². The number of urea groups is 1. The molecule has 3 atom stereocenters. The topological polar surface area (TPSA) is 49.4 Å². The summed E-state index contributed by atoms with van der Waals surface area (Å²) in [5.41, 5.74) is 1.08. The van der Waals surface area contributed by atoms with Gasteiger partial charge in [-0.3, -0.25) is 4.21 Å². The summed E-state index contributed by atoms with van der Waals surface area (Å²) in [5, 5.41) is 2.92. The van der Waals surface area contributed by atoms with Crippen molar-refractivity contribution in [2.45, 2.75) is 18.6 Å². The summed E-state index contributed by atoms with van der Waals surface area (Å²) in [6.45, 7) is 2.18. The molecule has 23 heavy (non-hydrogen) atoms. The van der Waals surface area contributed by atoms with Crippen molar-refractivity contribution in [3.8, 4) is 0 Å². The van der Waals surface area contributed by atoms with E-state index in [1.807, 2.05) is 35.2 Å². The van der Waals surface area contributed by atoms with E-state index in [2.05, 4.69) is 17.5 Å². The van der Waals surface area contributed by atoms with Gasteiger partial charge in [-0.25, -0.2) is 4.79 Å². The van der Waals surface area contributed by atoms with Gasteiger partial charge in [-0.1, -0.05) is 42.5 Å². The van der Waals surface area contributed by atoms with Crippen LogP contribution in [0.15, 0.2) is 42.5 Å². The minimum Gasteiger partial charge on any atom is -0.337 e. The molecular formula is C18H24N2O2S. The molecule has 5 heteroatoms. The molecule has 2 amide bonds. The fourth-order valence-corrected chi connectivity index (χ4v) is 4.43. The molecule has 0 aromatic heterocycles. The summed E-state index contributed by atoms with van der Waals surface area (Å²) in [7, 11) is -0.939. The molecule has 3 rings (SSSR count). The lowest BCUT2D eigenvalue weighted by Crippen LogP contribution is -2.40. The maximum Gasteiger partial charge on any atom is 0.317 e. The zero-order chi connectivity index (χ0) is 16.1. The molecule has 1 N–H and O–H groups in total. The molecular weight excluding hydrogens is 308 g/mol. The number of carbonyl (C=O) groups excluding carboxylic acids is 1. The molecule has 0 bridgehead atoms. The van der Waals surface area contributed by atoms with Crippen LogP contribution in [0.25, 0.3) is 0 Å². The van der Waals surface area contributed by atoms with Crippen LogP contribution in [-0.4, -0.2) is 40.5 Å². The largest absolute Gasteiger partial charge is 0.337 e. The van der Waals surface area contributed by atoms with Crippen molar-refractivity contribution in [1.82, 2.24) is 10.2 Å². The van der Waals surface area contributed by atoms with E-state index >= 15 is 0 Å². The monoisotopic (exact) mass is 332 g/mol. The van der Waals surface area contributed by atoms with Crippen LogP contribution >= 0.6 is 0 Å². The number of amides is 2. The molecule has 1 fully saturated rings. The Kier molecular flexibility index (Phi) is 5.49. The summed E-state index contributed by atoms with van der Waals surface area (Å²) >= 11 is 0.